The molecule has 1 amide bonds. The standard InChI is InChI=1S/C29H21ClN6O4S/c1-16-6-5-7-17(10-16)15-41(39,40)36-29(38)21-13-23-27(34-28(21)37)33-25(18-8-3-2-4-9-18)26(32-23)19-11-20-14-31-35-24(20)22(30)12-19/h2-14H,15H2,1H3,(H,31,35)(H,36,38)(H,33,34,37). The Hall–Kier alpha value is -4.87. The lowest BCUT2D eigenvalue weighted by Crippen LogP contribution is -2.35. The Morgan fingerprint density at radius 1 is 0.951 bits per heavy atom. The van der Waals surface area contributed by atoms with Crippen LogP contribution in [0, 0.1) is 6.92 Å². The molecule has 6 aromatic rings. The third kappa shape index (κ3) is 5.32. The molecule has 0 radical (unpaired) electrons. The molecule has 0 aliphatic rings. The Morgan fingerprint density at radius 2 is 1.73 bits per heavy atom. The van der Waals surface area contributed by atoms with Crippen LogP contribution in [0.5, 0.6) is 0 Å². The number of nitrogens with zero attached hydrogens (tertiary/aromatic N) is 3. The van der Waals surface area contributed by atoms with Gasteiger partial charge in [0.25, 0.3) is 11.5 Å². The first-order chi connectivity index (χ1) is 19.7. The van der Waals surface area contributed by atoms with Crippen molar-refractivity contribution in [1.29, 1.82) is 0 Å². The number of halogens is 1. The first-order valence-electron chi connectivity index (χ1n) is 12.4. The van der Waals surface area contributed by atoms with Crippen molar-refractivity contribution in [2.24, 2.45) is 0 Å². The number of pyridine rings is 1. The van der Waals surface area contributed by atoms with Crippen molar-refractivity contribution in [1.82, 2.24) is 29.9 Å². The third-order valence-corrected chi connectivity index (χ3v) is 7.94. The molecule has 0 bridgehead atoms. The highest BCUT2D eigenvalue weighted by molar-refractivity contribution is 7.89. The van der Waals surface area contributed by atoms with Crippen molar-refractivity contribution in [3.05, 3.63) is 111 Å². The largest absolute Gasteiger partial charge is 0.305 e. The second kappa shape index (κ2) is 10.3. The van der Waals surface area contributed by atoms with Crippen LogP contribution in [-0.4, -0.2) is 39.5 Å². The molecule has 3 aromatic carbocycles. The zero-order valence-corrected chi connectivity index (χ0v) is 23.0. The van der Waals surface area contributed by atoms with Crippen molar-refractivity contribution in [2.45, 2.75) is 12.7 Å². The van der Waals surface area contributed by atoms with E-state index in [1.165, 1.54) is 6.07 Å². The van der Waals surface area contributed by atoms with Crippen LogP contribution in [0.1, 0.15) is 21.5 Å². The van der Waals surface area contributed by atoms with Gasteiger partial charge < -0.3 is 4.98 Å². The minimum Gasteiger partial charge on any atom is -0.305 e. The van der Waals surface area contributed by atoms with Gasteiger partial charge in [-0.1, -0.05) is 71.8 Å². The number of aromatic amines is 2. The first kappa shape index (κ1) is 26.4. The van der Waals surface area contributed by atoms with Gasteiger partial charge in [0.05, 0.1) is 33.9 Å². The van der Waals surface area contributed by atoms with Crippen LogP contribution < -0.4 is 10.3 Å². The SMILES string of the molecule is Cc1cccc(CS(=O)(=O)NC(=O)c2cc3nc(-c4cc(Cl)c5[nH]ncc5c4)c(-c4ccccc4)nc3[nH]c2=O)c1. The smallest absolute Gasteiger partial charge is 0.270 e. The van der Waals surface area contributed by atoms with Crippen LogP contribution in [-0.2, 0) is 15.8 Å². The van der Waals surface area contributed by atoms with Gasteiger partial charge in [0.2, 0.25) is 10.0 Å². The number of hydrogen-bond donors (Lipinski definition) is 3. The van der Waals surface area contributed by atoms with Gasteiger partial charge in [0.15, 0.2) is 5.65 Å². The third-order valence-electron chi connectivity index (χ3n) is 6.43. The molecule has 204 valence electrons. The maximum absolute atomic E-state index is 13.0. The second-order valence-electron chi connectivity index (χ2n) is 9.50. The van der Waals surface area contributed by atoms with Gasteiger partial charge in [-0.3, -0.25) is 14.7 Å². The molecule has 3 heterocycles. The summed E-state index contributed by atoms with van der Waals surface area (Å²) in [6, 6.07) is 21.0. The molecule has 10 nitrogen and oxygen atoms in total. The molecule has 0 saturated heterocycles. The van der Waals surface area contributed by atoms with Crippen molar-refractivity contribution in [3.63, 3.8) is 0 Å². The Bertz CT molecular complexity index is 2140. The molecule has 3 N–H and O–H groups in total. The summed E-state index contributed by atoms with van der Waals surface area (Å²) in [7, 11) is -4.09. The number of carbonyl (C=O) groups is 1. The fraction of sp³-hybridized carbons (Fsp3) is 0.0690. The Labute approximate surface area is 238 Å². The van der Waals surface area contributed by atoms with E-state index in [-0.39, 0.29) is 11.2 Å². The predicted octanol–water partition coefficient (Wildman–Crippen LogP) is 4.75. The lowest BCUT2D eigenvalue weighted by Gasteiger charge is -2.12. The number of benzene rings is 3. The molecular weight excluding hydrogens is 564 g/mol. The van der Waals surface area contributed by atoms with E-state index in [1.807, 2.05) is 54.1 Å². The van der Waals surface area contributed by atoms with Crippen LogP contribution in [0.15, 0.2) is 83.8 Å². The quantitative estimate of drug-likeness (QED) is 0.255. The maximum Gasteiger partial charge on any atom is 0.270 e. The number of fused-ring (bicyclic) bond motifs is 2. The number of carbonyl (C=O) groups excluding carboxylic acids is 1. The number of aryl methyl sites for hydroxylation is 1. The molecule has 0 aliphatic heterocycles. The minimum absolute atomic E-state index is 0.132. The summed E-state index contributed by atoms with van der Waals surface area (Å²) in [6.07, 6.45) is 1.64. The Kier molecular flexibility index (Phi) is 6.60. The molecule has 0 spiro atoms. The van der Waals surface area contributed by atoms with Crippen LogP contribution in [0.2, 0.25) is 5.02 Å². The summed E-state index contributed by atoms with van der Waals surface area (Å²) >= 11 is 6.51. The second-order valence-corrected chi connectivity index (χ2v) is 11.6. The minimum atomic E-state index is -4.09. The van der Waals surface area contributed by atoms with Crippen molar-refractivity contribution in [3.8, 4) is 22.5 Å². The average Bonchev–Trinajstić information content (AvgIpc) is 3.41. The molecular formula is C29H21ClN6O4S. The van der Waals surface area contributed by atoms with E-state index < -0.39 is 32.8 Å². The number of hydrogen-bond acceptors (Lipinski definition) is 7. The highest BCUT2D eigenvalue weighted by atomic mass is 35.5. The normalized spacial score (nSPS) is 11.7. The van der Waals surface area contributed by atoms with Gasteiger partial charge in [-0.15, -0.1) is 0 Å². The predicted molar refractivity (Wildman–Crippen MR) is 157 cm³/mol. The van der Waals surface area contributed by atoms with Gasteiger partial charge in [-0.2, -0.15) is 5.10 Å². The molecule has 0 fully saturated rings. The Balaban J connectivity index is 1.44. The molecule has 0 aliphatic carbocycles. The van der Waals surface area contributed by atoms with E-state index >= 15 is 0 Å². The molecule has 0 saturated carbocycles. The van der Waals surface area contributed by atoms with Crippen LogP contribution in [0.4, 0.5) is 0 Å². The number of rotatable bonds is 6. The van der Waals surface area contributed by atoms with Gasteiger partial charge >= 0.3 is 0 Å². The topological polar surface area (TPSA) is 151 Å². The van der Waals surface area contributed by atoms with Crippen molar-refractivity contribution < 1.29 is 13.2 Å². The van der Waals surface area contributed by atoms with Gasteiger partial charge in [0.1, 0.15) is 11.1 Å². The summed E-state index contributed by atoms with van der Waals surface area (Å²) < 4.78 is 27.5. The Morgan fingerprint density at radius 3 is 2.51 bits per heavy atom. The molecule has 12 heteroatoms. The monoisotopic (exact) mass is 584 g/mol. The molecule has 6 rings (SSSR count). The lowest BCUT2D eigenvalue weighted by atomic mass is 10.0. The zero-order valence-electron chi connectivity index (χ0n) is 21.5. The first-order valence-corrected chi connectivity index (χ1v) is 14.4. The summed E-state index contributed by atoms with van der Waals surface area (Å²) in [5.41, 5.74) is 3.45. The molecule has 41 heavy (non-hydrogen) atoms. The van der Waals surface area contributed by atoms with Gasteiger partial charge in [-0.05, 0) is 30.7 Å². The van der Waals surface area contributed by atoms with Crippen LogP contribution in [0.3, 0.4) is 0 Å². The number of amides is 1. The average molecular weight is 585 g/mol. The van der Waals surface area contributed by atoms with Crippen molar-refractivity contribution in [2.75, 3.05) is 0 Å². The lowest BCUT2D eigenvalue weighted by molar-refractivity contribution is 0.0980. The zero-order chi connectivity index (χ0) is 28.7. The number of sulfonamides is 1. The maximum atomic E-state index is 13.0. The fourth-order valence-corrected chi connectivity index (χ4v) is 5.94. The van der Waals surface area contributed by atoms with E-state index in [2.05, 4.69) is 20.2 Å². The van der Waals surface area contributed by atoms with Crippen LogP contribution in [0.25, 0.3) is 44.6 Å². The van der Waals surface area contributed by atoms with Crippen molar-refractivity contribution >= 4 is 49.6 Å². The summed E-state index contributed by atoms with van der Waals surface area (Å²) in [6.45, 7) is 1.84. The highest BCUT2D eigenvalue weighted by Crippen LogP contribution is 2.34. The van der Waals surface area contributed by atoms with E-state index in [9.17, 15) is 18.0 Å². The number of nitrogens with one attached hydrogen (secondary N) is 3. The van der Waals surface area contributed by atoms with Gasteiger partial charge in [-0.25, -0.2) is 23.1 Å². The van der Waals surface area contributed by atoms with Crippen LogP contribution >= 0.6 is 11.6 Å². The summed E-state index contributed by atoms with van der Waals surface area (Å²) in [5, 5.41) is 8.09. The summed E-state index contributed by atoms with van der Waals surface area (Å²) in [4.78, 5) is 37.9. The van der Waals surface area contributed by atoms with E-state index in [4.69, 9.17) is 16.6 Å². The fourth-order valence-electron chi connectivity index (χ4n) is 4.59. The number of H-pyrrole nitrogens is 2. The molecule has 3 aromatic heterocycles. The number of aromatic nitrogens is 5. The van der Waals surface area contributed by atoms with E-state index in [0.717, 1.165) is 16.5 Å². The summed E-state index contributed by atoms with van der Waals surface area (Å²) in [5.74, 6) is -1.49. The van der Waals surface area contributed by atoms with E-state index in [0.29, 0.717) is 33.1 Å². The molecule has 0 unspecified atom stereocenters. The molecule has 0 atom stereocenters. The highest BCUT2D eigenvalue weighted by Gasteiger charge is 2.22. The van der Waals surface area contributed by atoms with E-state index in [1.54, 1.807) is 30.5 Å². The van der Waals surface area contributed by atoms with Gasteiger partial charge in [0, 0.05) is 16.5 Å².